The van der Waals surface area contributed by atoms with Crippen LogP contribution in [-0.2, 0) is 28.6 Å². The first kappa shape index (κ1) is 61.4. The van der Waals surface area contributed by atoms with E-state index in [0.29, 0.717) is 19.3 Å². The van der Waals surface area contributed by atoms with E-state index in [1.54, 1.807) is 0 Å². The molecule has 0 fully saturated rings. The zero-order valence-corrected chi connectivity index (χ0v) is 42.6. The molecule has 6 heteroatoms. The summed E-state index contributed by atoms with van der Waals surface area (Å²) in [6.07, 6.45) is 63.9. The standard InChI is InChI=1S/C58H104O6/c1-4-7-10-13-16-19-22-24-26-28-29-31-32-34-36-39-42-45-48-51-57(60)63-54-55(53-62-56(59)50-47-44-41-38-21-18-15-12-9-6-3)64-58(61)52-49-46-43-40-37-35-33-30-27-25-23-20-17-14-11-8-5-2/h17,20,25,27,33,35,40,43,55H,4-16,18-19,21-24,26,28-32,34,36-39,41-42,44-54H2,1-3H3/b20-17-,27-25-,35-33-,43-40-. The third-order valence-electron chi connectivity index (χ3n) is 12.1. The van der Waals surface area contributed by atoms with Crippen LogP contribution in [0, 0.1) is 0 Å². The van der Waals surface area contributed by atoms with Crippen LogP contribution in [0.15, 0.2) is 48.6 Å². The predicted molar refractivity (Wildman–Crippen MR) is 275 cm³/mol. The molecule has 0 N–H and O–H groups in total. The van der Waals surface area contributed by atoms with E-state index in [4.69, 9.17) is 14.2 Å². The van der Waals surface area contributed by atoms with Gasteiger partial charge < -0.3 is 14.2 Å². The minimum Gasteiger partial charge on any atom is -0.462 e. The number of hydrogen-bond donors (Lipinski definition) is 0. The smallest absolute Gasteiger partial charge is 0.306 e. The predicted octanol–water partition coefficient (Wildman–Crippen LogP) is 18.3. The zero-order valence-electron chi connectivity index (χ0n) is 42.6. The van der Waals surface area contributed by atoms with E-state index in [9.17, 15) is 14.4 Å². The van der Waals surface area contributed by atoms with Crippen LogP contribution in [-0.4, -0.2) is 37.2 Å². The normalized spacial score (nSPS) is 12.4. The van der Waals surface area contributed by atoms with Gasteiger partial charge in [0.05, 0.1) is 0 Å². The molecule has 6 nitrogen and oxygen atoms in total. The van der Waals surface area contributed by atoms with Crippen molar-refractivity contribution in [3.05, 3.63) is 48.6 Å². The molecule has 1 atom stereocenters. The van der Waals surface area contributed by atoms with E-state index in [2.05, 4.69) is 69.4 Å². The van der Waals surface area contributed by atoms with Gasteiger partial charge in [-0.25, -0.2) is 0 Å². The number of ether oxygens (including phenoxy) is 3. The van der Waals surface area contributed by atoms with Gasteiger partial charge in [-0.05, 0) is 57.8 Å². The van der Waals surface area contributed by atoms with Gasteiger partial charge in [0.25, 0.3) is 0 Å². The van der Waals surface area contributed by atoms with Crippen LogP contribution in [0.3, 0.4) is 0 Å². The van der Waals surface area contributed by atoms with Crippen molar-refractivity contribution in [2.45, 2.75) is 290 Å². The average Bonchev–Trinajstić information content (AvgIpc) is 3.29. The molecule has 0 amide bonds. The summed E-state index contributed by atoms with van der Waals surface area (Å²) in [7, 11) is 0. The van der Waals surface area contributed by atoms with Crippen molar-refractivity contribution in [2.75, 3.05) is 13.2 Å². The maximum Gasteiger partial charge on any atom is 0.306 e. The Morgan fingerprint density at radius 2 is 0.578 bits per heavy atom. The highest BCUT2D eigenvalue weighted by Gasteiger charge is 2.19. The second-order valence-corrected chi connectivity index (χ2v) is 18.5. The molecule has 0 saturated heterocycles. The van der Waals surface area contributed by atoms with Gasteiger partial charge in [0.1, 0.15) is 13.2 Å². The molecule has 0 bridgehead atoms. The Bertz CT molecular complexity index is 1120. The SMILES string of the molecule is CCCCC/C=C\C/C=C\C/C=C\C/C=C\CCCC(=O)OC(COC(=O)CCCCCCCCCCCC)COC(=O)CCCCCCCCCCCCCCCCCCCCC. The van der Waals surface area contributed by atoms with E-state index in [1.165, 1.54) is 173 Å². The molecule has 64 heavy (non-hydrogen) atoms. The quantitative estimate of drug-likeness (QED) is 0.0262. The van der Waals surface area contributed by atoms with Crippen LogP contribution in [0.1, 0.15) is 284 Å². The monoisotopic (exact) mass is 897 g/mol. The lowest BCUT2D eigenvalue weighted by atomic mass is 10.0. The summed E-state index contributed by atoms with van der Waals surface area (Å²) in [5, 5.41) is 0. The lowest BCUT2D eigenvalue weighted by Crippen LogP contribution is -2.30. The van der Waals surface area contributed by atoms with Crippen LogP contribution in [0.5, 0.6) is 0 Å². The number of esters is 3. The highest BCUT2D eigenvalue weighted by Crippen LogP contribution is 2.16. The summed E-state index contributed by atoms with van der Waals surface area (Å²) >= 11 is 0. The first-order valence-corrected chi connectivity index (χ1v) is 27.6. The summed E-state index contributed by atoms with van der Waals surface area (Å²) in [5.41, 5.74) is 0. The van der Waals surface area contributed by atoms with Gasteiger partial charge in [-0.2, -0.15) is 0 Å². The maximum atomic E-state index is 12.8. The summed E-state index contributed by atoms with van der Waals surface area (Å²) in [6, 6.07) is 0. The maximum absolute atomic E-state index is 12.8. The molecule has 0 aromatic carbocycles. The molecule has 0 heterocycles. The molecular weight excluding hydrogens is 793 g/mol. The summed E-state index contributed by atoms with van der Waals surface area (Å²) in [5.74, 6) is -0.937. The van der Waals surface area contributed by atoms with Crippen molar-refractivity contribution in [2.24, 2.45) is 0 Å². The molecule has 0 aromatic heterocycles. The van der Waals surface area contributed by atoms with Crippen molar-refractivity contribution in [1.29, 1.82) is 0 Å². The van der Waals surface area contributed by atoms with E-state index in [-0.39, 0.29) is 37.5 Å². The Morgan fingerprint density at radius 3 is 0.922 bits per heavy atom. The molecule has 0 saturated carbocycles. The highest BCUT2D eigenvalue weighted by atomic mass is 16.6. The Morgan fingerprint density at radius 1 is 0.312 bits per heavy atom. The van der Waals surface area contributed by atoms with Gasteiger partial charge >= 0.3 is 17.9 Å². The Balaban J connectivity index is 4.36. The summed E-state index contributed by atoms with van der Waals surface area (Å²) < 4.78 is 16.8. The minimum atomic E-state index is -0.797. The lowest BCUT2D eigenvalue weighted by Gasteiger charge is -2.18. The number of allylic oxidation sites excluding steroid dienone is 8. The van der Waals surface area contributed by atoms with Crippen molar-refractivity contribution in [3.63, 3.8) is 0 Å². The fraction of sp³-hybridized carbons (Fsp3) is 0.810. The Kier molecular flexibility index (Phi) is 50.8. The zero-order chi connectivity index (χ0) is 46.5. The molecule has 0 aromatic rings. The van der Waals surface area contributed by atoms with E-state index < -0.39 is 6.10 Å². The van der Waals surface area contributed by atoms with Gasteiger partial charge in [-0.3, -0.25) is 14.4 Å². The fourth-order valence-electron chi connectivity index (χ4n) is 7.91. The van der Waals surface area contributed by atoms with Gasteiger partial charge in [-0.15, -0.1) is 0 Å². The third kappa shape index (κ3) is 50.4. The van der Waals surface area contributed by atoms with Crippen LogP contribution in [0.25, 0.3) is 0 Å². The first-order valence-electron chi connectivity index (χ1n) is 27.6. The third-order valence-corrected chi connectivity index (χ3v) is 12.1. The van der Waals surface area contributed by atoms with Gasteiger partial charge in [0, 0.05) is 19.3 Å². The van der Waals surface area contributed by atoms with Gasteiger partial charge in [-0.1, -0.05) is 256 Å². The largest absolute Gasteiger partial charge is 0.462 e. The van der Waals surface area contributed by atoms with Gasteiger partial charge in [0.2, 0.25) is 0 Å². The van der Waals surface area contributed by atoms with E-state index >= 15 is 0 Å². The molecule has 0 aliphatic heterocycles. The summed E-state index contributed by atoms with van der Waals surface area (Å²) in [4.78, 5) is 38.0. The van der Waals surface area contributed by atoms with Crippen LogP contribution in [0.2, 0.25) is 0 Å². The van der Waals surface area contributed by atoms with E-state index in [0.717, 1.165) is 64.2 Å². The molecular formula is C58H104O6. The van der Waals surface area contributed by atoms with Crippen molar-refractivity contribution in [1.82, 2.24) is 0 Å². The molecule has 0 radical (unpaired) electrons. The summed E-state index contributed by atoms with van der Waals surface area (Å²) in [6.45, 7) is 6.58. The number of rotatable bonds is 50. The molecule has 1 unspecified atom stereocenters. The number of unbranched alkanes of at least 4 members (excludes halogenated alkanes) is 31. The number of carbonyl (C=O) groups excluding carboxylic acids is 3. The molecule has 0 aliphatic carbocycles. The second kappa shape index (κ2) is 53.0. The Labute approximate surface area is 397 Å². The second-order valence-electron chi connectivity index (χ2n) is 18.5. The number of carbonyl (C=O) groups is 3. The van der Waals surface area contributed by atoms with Crippen LogP contribution in [0.4, 0.5) is 0 Å². The fourth-order valence-corrected chi connectivity index (χ4v) is 7.91. The number of hydrogen-bond acceptors (Lipinski definition) is 6. The van der Waals surface area contributed by atoms with Crippen molar-refractivity contribution < 1.29 is 28.6 Å². The van der Waals surface area contributed by atoms with Gasteiger partial charge in [0.15, 0.2) is 6.10 Å². The molecule has 0 spiro atoms. The Hall–Kier alpha value is -2.63. The first-order chi connectivity index (χ1) is 31.5. The van der Waals surface area contributed by atoms with Crippen LogP contribution >= 0.6 is 0 Å². The van der Waals surface area contributed by atoms with E-state index in [1.807, 2.05) is 0 Å². The average molecular weight is 897 g/mol. The molecule has 0 aliphatic rings. The van der Waals surface area contributed by atoms with Crippen LogP contribution < -0.4 is 0 Å². The minimum absolute atomic E-state index is 0.0909. The van der Waals surface area contributed by atoms with Crippen molar-refractivity contribution in [3.8, 4) is 0 Å². The lowest BCUT2D eigenvalue weighted by molar-refractivity contribution is -0.167. The van der Waals surface area contributed by atoms with Crippen molar-refractivity contribution >= 4 is 17.9 Å². The molecule has 372 valence electrons. The topological polar surface area (TPSA) is 78.9 Å². The highest BCUT2D eigenvalue weighted by molar-refractivity contribution is 5.71. The molecule has 0 rings (SSSR count).